The van der Waals surface area contributed by atoms with Crippen LogP contribution in [0.4, 0.5) is 0 Å². The lowest BCUT2D eigenvalue weighted by atomic mass is 10.1. The van der Waals surface area contributed by atoms with Gasteiger partial charge in [-0.15, -0.1) is 0 Å². The number of benzene rings is 2. The Morgan fingerprint density at radius 3 is 2.48 bits per heavy atom. The number of carbonyl (C=O) groups excluding carboxylic acids is 1. The summed E-state index contributed by atoms with van der Waals surface area (Å²) in [5.41, 5.74) is 2.41. The van der Waals surface area contributed by atoms with Crippen molar-refractivity contribution in [3.63, 3.8) is 0 Å². The highest BCUT2D eigenvalue weighted by Gasteiger charge is 2.26. The SMILES string of the molecule is O=C(O)c1ccc(CCC(=O)N2CC[C@@H](COCc3ccccc3)C2)cc1. The van der Waals surface area contributed by atoms with Crippen LogP contribution in [-0.4, -0.2) is 41.6 Å². The molecule has 142 valence electrons. The van der Waals surface area contributed by atoms with Crippen LogP contribution in [0.2, 0.25) is 0 Å². The Hall–Kier alpha value is -2.66. The number of nitrogens with zero attached hydrogens (tertiary/aromatic N) is 1. The maximum atomic E-state index is 12.4. The van der Waals surface area contributed by atoms with Gasteiger partial charge >= 0.3 is 5.97 Å². The van der Waals surface area contributed by atoms with Crippen molar-refractivity contribution < 1.29 is 19.4 Å². The van der Waals surface area contributed by atoms with E-state index in [4.69, 9.17) is 9.84 Å². The first kappa shape index (κ1) is 19.1. The highest BCUT2D eigenvalue weighted by molar-refractivity contribution is 5.87. The highest BCUT2D eigenvalue weighted by Crippen LogP contribution is 2.19. The van der Waals surface area contributed by atoms with Crippen LogP contribution in [0.15, 0.2) is 54.6 Å². The molecule has 0 bridgehead atoms. The third-order valence-corrected chi connectivity index (χ3v) is 4.93. The van der Waals surface area contributed by atoms with E-state index in [-0.39, 0.29) is 11.5 Å². The van der Waals surface area contributed by atoms with E-state index in [9.17, 15) is 9.59 Å². The molecule has 5 heteroatoms. The molecule has 2 aromatic rings. The van der Waals surface area contributed by atoms with E-state index in [0.717, 1.165) is 30.6 Å². The van der Waals surface area contributed by atoms with Crippen molar-refractivity contribution in [1.29, 1.82) is 0 Å². The van der Waals surface area contributed by atoms with Crippen LogP contribution in [0.25, 0.3) is 0 Å². The lowest BCUT2D eigenvalue weighted by Gasteiger charge is -2.17. The number of carboxylic acid groups (broad SMARTS) is 1. The maximum absolute atomic E-state index is 12.4. The van der Waals surface area contributed by atoms with Gasteiger partial charge in [0.05, 0.1) is 18.8 Å². The summed E-state index contributed by atoms with van der Waals surface area (Å²) in [4.78, 5) is 25.2. The van der Waals surface area contributed by atoms with Crippen molar-refractivity contribution in [3.8, 4) is 0 Å². The number of aromatic carboxylic acids is 1. The summed E-state index contributed by atoms with van der Waals surface area (Å²) < 4.78 is 5.81. The van der Waals surface area contributed by atoms with E-state index < -0.39 is 5.97 Å². The molecule has 27 heavy (non-hydrogen) atoms. The minimum atomic E-state index is -0.935. The lowest BCUT2D eigenvalue weighted by Crippen LogP contribution is -2.29. The monoisotopic (exact) mass is 367 g/mol. The predicted octanol–water partition coefficient (Wildman–Crippen LogP) is 3.38. The third kappa shape index (κ3) is 5.66. The van der Waals surface area contributed by atoms with Gasteiger partial charge in [-0.1, -0.05) is 42.5 Å². The van der Waals surface area contributed by atoms with Crippen molar-refractivity contribution in [1.82, 2.24) is 4.90 Å². The van der Waals surface area contributed by atoms with Gasteiger partial charge in [-0.3, -0.25) is 4.79 Å². The van der Waals surface area contributed by atoms with Gasteiger partial charge in [-0.05, 0) is 36.1 Å². The van der Waals surface area contributed by atoms with Gasteiger partial charge in [-0.2, -0.15) is 0 Å². The Kier molecular flexibility index (Phi) is 6.60. The number of rotatable bonds is 8. The number of hydrogen-bond donors (Lipinski definition) is 1. The molecule has 1 aliphatic rings. The van der Waals surface area contributed by atoms with Gasteiger partial charge in [0, 0.05) is 25.4 Å². The quantitative estimate of drug-likeness (QED) is 0.777. The maximum Gasteiger partial charge on any atom is 0.335 e. The molecule has 0 unspecified atom stereocenters. The first-order chi connectivity index (χ1) is 13.1. The number of hydrogen-bond acceptors (Lipinski definition) is 3. The molecule has 1 amide bonds. The Balaban J connectivity index is 1.37. The normalized spacial score (nSPS) is 16.4. The van der Waals surface area contributed by atoms with Crippen LogP contribution in [0.3, 0.4) is 0 Å². The molecule has 1 atom stereocenters. The number of carboxylic acids is 1. The van der Waals surface area contributed by atoms with E-state index in [2.05, 4.69) is 0 Å². The van der Waals surface area contributed by atoms with Gasteiger partial charge in [0.1, 0.15) is 0 Å². The lowest BCUT2D eigenvalue weighted by molar-refractivity contribution is -0.130. The zero-order valence-electron chi connectivity index (χ0n) is 15.3. The molecule has 1 fully saturated rings. The summed E-state index contributed by atoms with van der Waals surface area (Å²) in [6, 6.07) is 16.8. The second kappa shape index (κ2) is 9.33. The minimum Gasteiger partial charge on any atom is -0.478 e. The van der Waals surface area contributed by atoms with Gasteiger partial charge < -0.3 is 14.7 Å². The first-order valence-electron chi connectivity index (χ1n) is 9.33. The first-order valence-corrected chi connectivity index (χ1v) is 9.33. The Morgan fingerprint density at radius 1 is 1.04 bits per heavy atom. The fourth-order valence-electron chi connectivity index (χ4n) is 3.34. The zero-order chi connectivity index (χ0) is 19.1. The molecule has 0 spiro atoms. The number of amides is 1. The third-order valence-electron chi connectivity index (χ3n) is 4.93. The Bertz CT molecular complexity index is 758. The number of ether oxygens (including phenoxy) is 1. The van der Waals surface area contributed by atoms with E-state index >= 15 is 0 Å². The van der Waals surface area contributed by atoms with Crippen LogP contribution in [0.5, 0.6) is 0 Å². The molecule has 5 nitrogen and oxygen atoms in total. The average molecular weight is 367 g/mol. The van der Waals surface area contributed by atoms with Crippen LogP contribution in [-0.2, 0) is 22.6 Å². The smallest absolute Gasteiger partial charge is 0.335 e. The number of carbonyl (C=O) groups is 2. The summed E-state index contributed by atoms with van der Waals surface area (Å²) in [5, 5.41) is 8.92. The molecule has 0 radical (unpaired) electrons. The van der Waals surface area contributed by atoms with Crippen molar-refractivity contribution >= 4 is 11.9 Å². The largest absolute Gasteiger partial charge is 0.478 e. The molecule has 0 aromatic heterocycles. The van der Waals surface area contributed by atoms with E-state index in [1.165, 1.54) is 0 Å². The molecule has 1 aliphatic heterocycles. The van der Waals surface area contributed by atoms with Gasteiger partial charge in [-0.25, -0.2) is 4.79 Å². The van der Waals surface area contributed by atoms with Crippen molar-refractivity contribution in [2.45, 2.75) is 25.9 Å². The molecule has 0 aliphatic carbocycles. The minimum absolute atomic E-state index is 0.155. The van der Waals surface area contributed by atoms with Gasteiger partial charge in [0.25, 0.3) is 0 Å². The number of likely N-dealkylation sites (tertiary alicyclic amines) is 1. The number of aryl methyl sites for hydroxylation is 1. The predicted molar refractivity (Wildman–Crippen MR) is 103 cm³/mol. The molecular weight excluding hydrogens is 342 g/mol. The summed E-state index contributed by atoms with van der Waals surface area (Å²) in [6.07, 6.45) is 2.06. The topological polar surface area (TPSA) is 66.8 Å². The zero-order valence-corrected chi connectivity index (χ0v) is 15.3. The second-order valence-electron chi connectivity index (χ2n) is 7.00. The van der Waals surface area contributed by atoms with E-state index in [1.807, 2.05) is 35.2 Å². The molecular formula is C22H25NO4. The molecule has 3 rings (SSSR count). The van der Waals surface area contributed by atoms with Gasteiger partial charge in [0.15, 0.2) is 0 Å². The summed E-state index contributed by atoms with van der Waals surface area (Å²) in [7, 11) is 0. The highest BCUT2D eigenvalue weighted by atomic mass is 16.5. The van der Waals surface area contributed by atoms with Crippen molar-refractivity contribution in [2.24, 2.45) is 5.92 Å². The fraction of sp³-hybridized carbons (Fsp3) is 0.364. The summed E-state index contributed by atoms with van der Waals surface area (Å²) in [6.45, 7) is 2.83. The van der Waals surface area contributed by atoms with E-state index in [0.29, 0.717) is 32.0 Å². The van der Waals surface area contributed by atoms with E-state index in [1.54, 1.807) is 24.3 Å². The fourth-order valence-corrected chi connectivity index (χ4v) is 3.34. The van der Waals surface area contributed by atoms with Crippen LogP contribution in [0.1, 0.15) is 34.3 Å². The van der Waals surface area contributed by atoms with Crippen molar-refractivity contribution in [3.05, 3.63) is 71.3 Å². The van der Waals surface area contributed by atoms with Crippen molar-refractivity contribution in [2.75, 3.05) is 19.7 Å². The van der Waals surface area contributed by atoms with Crippen LogP contribution < -0.4 is 0 Å². The van der Waals surface area contributed by atoms with Crippen LogP contribution >= 0.6 is 0 Å². The molecule has 0 saturated carbocycles. The Labute approximate surface area is 159 Å². The summed E-state index contributed by atoms with van der Waals surface area (Å²) >= 11 is 0. The van der Waals surface area contributed by atoms with Gasteiger partial charge in [0.2, 0.25) is 5.91 Å². The molecule has 1 saturated heterocycles. The Morgan fingerprint density at radius 2 is 1.78 bits per heavy atom. The average Bonchev–Trinajstić information content (AvgIpc) is 3.16. The second-order valence-corrected chi connectivity index (χ2v) is 7.00. The van der Waals surface area contributed by atoms with Crippen LogP contribution in [0, 0.1) is 5.92 Å². The molecule has 1 heterocycles. The summed E-state index contributed by atoms with van der Waals surface area (Å²) in [5.74, 6) is -0.384. The standard InChI is InChI=1S/C22H25NO4/c24-21(11-8-17-6-9-20(10-7-17)22(25)26)23-13-12-19(14-23)16-27-15-18-4-2-1-3-5-18/h1-7,9-10,19H,8,11-16H2,(H,25,26)/t19-/m1/s1. The molecule has 2 aromatic carbocycles. The molecule has 1 N–H and O–H groups in total.